The van der Waals surface area contributed by atoms with E-state index in [1.54, 1.807) is 4.90 Å². The van der Waals surface area contributed by atoms with E-state index in [1.807, 2.05) is 44.1 Å². The number of aryl methyl sites for hydroxylation is 1. The van der Waals surface area contributed by atoms with Crippen molar-refractivity contribution in [2.24, 2.45) is 0 Å². The minimum Gasteiger partial charge on any atom is -0.341 e. The fourth-order valence-corrected chi connectivity index (χ4v) is 2.51. The van der Waals surface area contributed by atoms with Crippen molar-refractivity contribution >= 4 is 33.4 Å². The van der Waals surface area contributed by atoms with Crippen molar-refractivity contribution in [1.82, 2.24) is 9.80 Å². The molecule has 0 bridgehead atoms. The molecule has 0 spiro atoms. The summed E-state index contributed by atoms with van der Waals surface area (Å²) < 4.78 is 0.858. The highest BCUT2D eigenvalue weighted by Crippen LogP contribution is 2.23. The first kappa shape index (κ1) is 18.6. The fraction of sp³-hybridized carbons (Fsp3) is 0.500. The van der Waals surface area contributed by atoms with Crippen molar-refractivity contribution in [2.75, 3.05) is 39.0 Å². The highest BCUT2D eigenvalue weighted by molar-refractivity contribution is 9.10. The van der Waals surface area contributed by atoms with E-state index in [4.69, 9.17) is 0 Å². The minimum atomic E-state index is -0.0966. The number of likely N-dealkylation sites (N-methyl/N-ethyl adjacent to an activating group) is 1. The van der Waals surface area contributed by atoms with Gasteiger partial charge in [0, 0.05) is 37.5 Å². The van der Waals surface area contributed by atoms with Crippen molar-refractivity contribution in [1.29, 1.82) is 0 Å². The first-order valence-electron chi connectivity index (χ1n) is 7.26. The number of hydrogen-bond acceptors (Lipinski definition) is 3. The third-order valence-corrected chi connectivity index (χ3v) is 3.93. The summed E-state index contributed by atoms with van der Waals surface area (Å²) in [7, 11) is 3.92. The van der Waals surface area contributed by atoms with Crippen LogP contribution < -0.4 is 5.32 Å². The molecule has 2 amide bonds. The second-order valence-electron chi connectivity index (χ2n) is 5.59. The summed E-state index contributed by atoms with van der Waals surface area (Å²) in [5.74, 6) is -0.105. The number of anilines is 1. The molecule has 122 valence electrons. The van der Waals surface area contributed by atoms with Crippen LogP contribution in [0, 0.1) is 6.92 Å². The molecule has 0 unspecified atom stereocenters. The summed E-state index contributed by atoms with van der Waals surface area (Å²) in [6.07, 6.45) is 0.285. The zero-order valence-corrected chi connectivity index (χ0v) is 15.2. The van der Waals surface area contributed by atoms with Crippen LogP contribution in [0.5, 0.6) is 0 Å². The summed E-state index contributed by atoms with van der Waals surface area (Å²) in [6, 6.07) is 5.76. The van der Waals surface area contributed by atoms with E-state index in [2.05, 4.69) is 21.2 Å². The van der Waals surface area contributed by atoms with Crippen molar-refractivity contribution in [3.8, 4) is 0 Å². The zero-order chi connectivity index (χ0) is 16.7. The molecule has 0 aliphatic rings. The molecule has 0 aromatic heterocycles. The van der Waals surface area contributed by atoms with E-state index in [0.29, 0.717) is 13.1 Å². The number of carbonyl (C=O) groups is 2. The van der Waals surface area contributed by atoms with Gasteiger partial charge in [0.25, 0.3) is 0 Å². The third-order valence-electron chi connectivity index (χ3n) is 3.27. The summed E-state index contributed by atoms with van der Waals surface area (Å²) >= 11 is 3.43. The molecular weight excluding hydrogens is 346 g/mol. The van der Waals surface area contributed by atoms with E-state index < -0.39 is 0 Å². The molecule has 0 atom stereocenters. The summed E-state index contributed by atoms with van der Waals surface area (Å²) in [5.41, 5.74) is 1.87. The topological polar surface area (TPSA) is 52.7 Å². The third kappa shape index (κ3) is 6.58. The molecule has 0 radical (unpaired) electrons. The molecule has 22 heavy (non-hydrogen) atoms. The van der Waals surface area contributed by atoms with Crippen LogP contribution >= 0.6 is 15.9 Å². The zero-order valence-electron chi connectivity index (χ0n) is 13.6. The molecule has 0 aliphatic carbocycles. The van der Waals surface area contributed by atoms with Gasteiger partial charge in [0.15, 0.2) is 0 Å². The van der Waals surface area contributed by atoms with Crippen molar-refractivity contribution < 1.29 is 9.59 Å². The Bertz CT molecular complexity index is 532. The largest absolute Gasteiger partial charge is 0.341 e. The lowest BCUT2D eigenvalue weighted by Crippen LogP contribution is -2.37. The number of amides is 2. The Morgan fingerprint density at radius 1 is 1.18 bits per heavy atom. The van der Waals surface area contributed by atoms with Crippen molar-refractivity contribution in [2.45, 2.75) is 20.3 Å². The van der Waals surface area contributed by atoms with Gasteiger partial charge in [0.2, 0.25) is 11.8 Å². The van der Waals surface area contributed by atoms with Gasteiger partial charge in [0.1, 0.15) is 0 Å². The average molecular weight is 370 g/mol. The maximum absolute atomic E-state index is 12.0. The number of halogens is 1. The average Bonchev–Trinajstić information content (AvgIpc) is 2.41. The lowest BCUT2D eigenvalue weighted by Gasteiger charge is -2.22. The first-order chi connectivity index (χ1) is 10.3. The maximum atomic E-state index is 12.0. The predicted molar refractivity (Wildman–Crippen MR) is 92.9 cm³/mol. The van der Waals surface area contributed by atoms with Crippen LogP contribution in [0.4, 0.5) is 5.69 Å². The smallest absolute Gasteiger partial charge is 0.226 e. The quantitative estimate of drug-likeness (QED) is 0.803. The molecule has 0 aliphatic heterocycles. The first-order valence-corrected chi connectivity index (χ1v) is 8.05. The van der Waals surface area contributed by atoms with Gasteiger partial charge in [-0.2, -0.15) is 0 Å². The van der Waals surface area contributed by atoms with E-state index in [1.165, 1.54) is 6.92 Å². The molecule has 1 aromatic carbocycles. The Morgan fingerprint density at radius 3 is 2.41 bits per heavy atom. The molecule has 1 rings (SSSR count). The van der Waals surface area contributed by atoms with Crippen LogP contribution in [-0.2, 0) is 9.59 Å². The predicted octanol–water partition coefficient (Wildman–Crippen LogP) is 2.50. The molecule has 0 fully saturated rings. The summed E-state index contributed by atoms with van der Waals surface area (Å²) in [4.78, 5) is 27.3. The number of nitrogens with zero attached hydrogens (tertiary/aromatic N) is 2. The molecule has 0 saturated carbocycles. The number of nitrogens with one attached hydrogen (secondary N) is 1. The van der Waals surface area contributed by atoms with Gasteiger partial charge in [-0.25, -0.2) is 0 Å². The number of benzene rings is 1. The van der Waals surface area contributed by atoms with E-state index in [9.17, 15) is 9.59 Å². The fourth-order valence-electron chi connectivity index (χ4n) is 1.92. The molecule has 1 N–H and O–H groups in total. The molecule has 0 heterocycles. The minimum absolute atomic E-state index is 0.00818. The lowest BCUT2D eigenvalue weighted by atomic mass is 10.2. The van der Waals surface area contributed by atoms with Gasteiger partial charge >= 0.3 is 0 Å². The monoisotopic (exact) mass is 369 g/mol. The second kappa shape index (κ2) is 8.90. The standard InChI is InChI=1S/C16H24BrN3O2/c1-12-5-6-15(14(17)11-12)18-16(22)7-8-20(13(2)21)10-9-19(3)4/h5-6,11H,7-10H2,1-4H3,(H,18,22). The van der Waals surface area contributed by atoms with Crippen LogP contribution in [0.15, 0.2) is 22.7 Å². The lowest BCUT2D eigenvalue weighted by molar-refractivity contribution is -0.129. The number of rotatable bonds is 7. The number of hydrogen-bond donors (Lipinski definition) is 1. The molecule has 6 heteroatoms. The van der Waals surface area contributed by atoms with Crippen LogP contribution in [0.3, 0.4) is 0 Å². The molecular formula is C16H24BrN3O2. The SMILES string of the molecule is CC(=O)N(CCC(=O)Nc1ccc(C)cc1Br)CCN(C)C. The van der Waals surface area contributed by atoms with Gasteiger partial charge in [-0.15, -0.1) is 0 Å². The van der Waals surface area contributed by atoms with Gasteiger partial charge in [-0.05, 0) is 54.6 Å². The van der Waals surface area contributed by atoms with Crippen LogP contribution in [0.2, 0.25) is 0 Å². The Hall–Kier alpha value is -1.40. The van der Waals surface area contributed by atoms with Crippen LogP contribution in [-0.4, -0.2) is 55.3 Å². The summed E-state index contributed by atoms with van der Waals surface area (Å²) in [5, 5.41) is 2.86. The van der Waals surface area contributed by atoms with Gasteiger partial charge in [-0.3, -0.25) is 9.59 Å². The second-order valence-corrected chi connectivity index (χ2v) is 6.45. The Balaban J connectivity index is 2.51. The van der Waals surface area contributed by atoms with E-state index in [-0.39, 0.29) is 18.2 Å². The molecule has 1 aromatic rings. The normalized spacial score (nSPS) is 10.6. The van der Waals surface area contributed by atoms with Gasteiger partial charge in [0.05, 0.1) is 5.69 Å². The Morgan fingerprint density at radius 2 is 1.86 bits per heavy atom. The van der Waals surface area contributed by atoms with Gasteiger partial charge in [-0.1, -0.05) is 6.07 Å². The van der Waals surface area contributed by atoms with E-state index in [0.717, 1.165) is 22.3 Å². The molecule has 0 saturated heterocycles. The molecule has 5 nitrogen and oxygen atoms in total. The highest BCUT2D eigenvalue weighted by atomic mass is 79.9. The highest BCUT2D eigenvalue weighted by Gasteiger charge is 2.12. The summed E-state index contributed by atoms with van der Waals surface area (Å²) in [6.45, 7) is 5.36. The Kier molecular flexibility index (Phi) is 7.55. The van der Waals surface area contributed by atoms with Gasteiger partial charge < -0.3 is 15.1 Å². The van der Waals surface area contributed by atoms with Crippen molar-refractivity contribution in [3.05, 3.63) is 28.2 Å². The Labute approximate surface area is 140 Å². The number of carbonyl (C=O) groups excluding carboxylic acids is 2. The van der Waals surface area contributed by atoms with Crippen LogP contribution in [0.25, 0.3) is 0 Å². The van der Waals surface area contributed by atoms with Crippen molar-refractivity contribution in [3.63, 3.8) is 0 Å². The maximum Gasteiger partial charge on any atom is 0.226 e. The van der Waals surface area contributed by atoms with Crippen LogP contribution in [0.1, 0.15) is 18.9 Å². The van der Waals surface area contributed by atoms with E-state index >= 15 is 0 Å².